The number of primary amides is 1. The molecule has 5 aromatic rings. The molecule has 0 spiro atoms. The minimum absolute atomic E-state index is 0.435. The Kier molecular flexibility index (Phi) is 5.16. The largest absolute Gasteiger partial charge is 0.366 e. The van der Waals surface area contributed by atoms with Crippen LogP contribution >= 0.6 is 23.2 Å². The quantitative estimate of drug-likeness (QED) is 0.303. The van der Waals surface area contributed by atoms with Crippen molar-refractivity contribution in [1.82, 2.24) is 4.57 Å². The minimum atomic E-state index is -0.435. The predicted molar refractivity (Wildman–Crippen MR) is 134 cm³/mol. The summed E-state index contributed by atoms with van der Waals surface area (Å²) in [7, 11) is 0. The van der Waals surface area contributed by atoms with Gasteiger partial charge in [-0.05, 0) is 65.6 Å². The maximum atomic E-state index is 12.2. The normalized spacial score (nSPS) is 11.3. The number of rotatable bonds is 4. The molecule has 1 amide bonds. The minimum Gasteiger partial charge on any atom is -0.366 e. The Labute approximate surface area is 196 Å². The van der Waals surface area contributed by atoms with Gasteiger partial charge in [0.1, 0.15) is 0 Å². The third-order valence-electron chi connectivity index (χ3n) is 5.91. The first-order valence-corrected chi connectivity index (χ1v) is 11.0. The van der Waals surface area contributed by atoms with Gasteiger partial charge in [0, 0.05) is 32.9 Å². The van der Waals surface area contributed by atoms with Crippen LogP contribution in [0.15, 0.2) is 78.9 Å². The van der Waals surface area contributed by atoms with E-state index >= 15 is 0 Å². The molecule has 3 nitrogen and oxygen atoms in total. The van der Waals surface area contributed by atoms with E-state index in [4.69, 9.17) is 28.9 Å². The number of nitrogens with two attached hydrogens (primary N) is 1. The second-order valence-corrected chi connectivity index (χ2v) is 8.82. The first kappa shape index (κ1) is 20.6. The lowest BCUT2D eigenvalue weighted by atomic mass is 10.0. The van der Waals surface area contributed by atoms with E-state index < -0.39 is 5.91 Å². The van der Waals surface area contributed by atoms with Gasteiger partial charge in [-0.1, -0.05) is 65.7 Å². The van der Waals surface area contributed by atoms with Gasteiger partial charge in [-0.15, -0.1) is 0 Å². The van der Waals surface area contributed by atoms with Crippen molar-refractivity contribution in [3.8, 4) is 11.1 Å². The van der Waals surface area contributed by atoms with Crippen LogP contribution in [-0.4, -0.2) is 10.5 Å². The molecule has 0 saturated carbocycles. The lowest BCUT2D eigenvalue weighted by molar-refractivity contribution is 0.100. The topological polar surface area (TPSA) is 48.0 Å². The molecule has 4 aromatic carbocycles. The molecule has 0 unspecified atom stereocenters. The molecular formula is C27H20Cl2N2O. The maximum Gasteiger partial charge on any atom is 0.249 e. The molecule has 32 heavy (non-hydrogen) atoms. The summed E-state index contributed by atoms with van der Waals surface area (Å²) in [6.45, 7) is 2.61. The monoisotopic (exact) mass is 458 g/mol. The van der Waals surface area contributed by atoms with Crippen LogP contribution in [0.1, 0.15) is 21.5 Å². The molecule has 0 saturated heterocycles. The van der Waals surface area contributed by atoms with E-state index in [0.717, 1.165) is 49.1 Å². The van der Waals surface area contributed by atoms with Crippen molar-refractivity contribution in [2.24, 2.45) is 5.73 Å². The van der Waals surface area contributed by atoms with Crippen molar-refractivity contribution in [3.63, 3.8) is 0 Å². The van der Waals surface area contributed by atoms with E-state index in [0.29, 0.717) is 17.1 Å². The second-order valence-electron chi connectivity index (χ2n) is 7.97. The van der Waals surface area contributed by atoms with Crippen LogP contribution in [-0.2, 0) is 6.54 Å². The van der Waals surface area contributed by atoms with Crippen LogP contribution < -0.4 is 5.73 Å². The number of amides is 1. The van der Waals surface area contributed by atoms with Crippen LogP contribution in [0.5, 0.6) is 0 Å². The molecule has 0 atom stereocenters. The van der Waals surface area contributed by atoms with E-state index in [9.17, 15) is 4.79 Å². The number of aromatic nitrogens is 1. The summed E-state index contributed by atoms with van der Waals surface area (Å²) in [5, 5.41) is 3.30. The van der Waals surface area contributed by atoms with Crippen LogP contribution in [0.4, 0.5) is 0 Å². The summed E-state index contributed by atoms with van der Waals surface area (Å²) in [4.78, 5) is 12.2. The summed E-state index contributed by atoms with van der Waals surface area (Å²) in [5.74, 6) is -0.435. The van der Waals surface area contributed by atoms with Gasteiger partial charge in [0.05, 0.1) is 11.0 Å². The number of aryl methyl sites for hydroxylation is 1. The van der Waals surface area contributed by atoms with E-state index in [1.165, 1.54) is 0 Å². The molecule has 5 rings (SSSR count). The van der Waals surface area contributed by atoms with E-state index in [1.807, 2.05) is 55.5 Å². The van der Waals surface area contributed by atoms with Gasteiger partial charge in [0.2, 0.25) is 5.91 Å². The molecule has 0 aliphatic carbocycles. The number of nitrogens with zero attached hydrogens (tertiary/aromatic N) is 1. The van der Waals surface area contributed by atoms with Crippen molar-refractivity contribution in [1.29, 1.82) is 0 Å². The SMILES string of the molecule is Cc1ccc(Cn2c3cc(-c4ccc(Cl)cc4)ccc3c3c(C(N)=O)cccc32)cc1Cl. The molecule has 5 heteroatoms. The van der Waals surface area contributed by atoms with E-state index in [2.05, 4.69) is 28.8 Å². The maximum absolute atomic E-state index is 12.2. The van der Waals surface area contributed by atoms with Gasteiger partial charge in [0.15, 0.2) is 0 Å². The van der Waals surface area contributed by atoms with Gasteiger partial charge in [-0.3, -0.25) is 4.79 Å². The van der Waals surface area contributed by atoms with Gasteiger partial charge in [-0.25, -0.2) is 0 Å². The third-order valence-corrected chi connectivity index (χ3v) is 6.57. The Morgan fingerprint density at radius 2 is 1.62 bits per heavy atom. The first-order valence-electron chi connectivity index (χ1n) is 10.3. The average Bonchev–Trinajstić information content (AvgIpc) is 3.10. The highest BCUT2D eigenvalue weighted by atomic mass is 35.5. The molecule has 158 valence electrons. The number of carbonyl (C=O) groups excluding carboxylic acids is 1. The number of fused-ring (bicyclic) bond motifs is 3. The fourth-order valence-electron chi connectivity index (χ4n) is 4.26. The van der Waals surface area contributed by atoms with Gasteiger partial charge < -0.3 is 10.3 Å². The highest BCUT2D eigenvalue weighted by Crippen LogP contribution is 2.35. The number of halogens is 2. The number of carbonyl (C=O) groups is 1. The zero-order chi connectivity index (χ0) is 22.4. The Morgan fingerprint density at radius 3 is 2.34 bits per heavy atom. The zero-order valence-electron chi connectivity index (χ0n) is 17.4. The van der Waals surface area contributed by atoms with E-state index in [-0.39, 0.29) is 0 Å². The molecule has 0 aliphatic heterocycles. The predicted octanol–water partition coefficient (Wildman–Crippen LogP) is 7.22. The second kappa shape index (κ2) is 8.01. The van der Waals surface area contributed by atoms with Crippen molar-refractivity contribution < 1.29 is 4.79 Å². The molecule has 0 fully saturated rings. The molecule has 0 aliphatic rings. The van der Waals surface area contributed by atoms with Crippen LogP contribution in [0, 0.1) is 6.92 Å². The number of benzene rings is 4. The Morgan fingerprint density at radius 1 is 0.875 bits per heavy atom. The average molecular weight is 459 g/mol. The summed E-state index contributed by atoms with van der Waals surface area (Å²) in [6, 6.07) is 25.9. The molecule has 2 N–H and O–H groups in total. The fraction of sp³-hybridized carbons (Fsp3) is 0.0741. The molecule has 0 bridgehead atoms. The van der Waals surface area contributed by atoms with Crippen molar-refractivity contribution >= 4 is 50.9 Å². The van der Waals surface area contributed by atoms with Crippen molar-refractivity contribution in [2.45, 2.75) is 13.5 Å². The highest BCUT2D eigenvalue weighted by molar-refractivity contribution is 6.31. The van der Waals surface area contributed by atoms with Crippen molar-refractivity contribution in [3.05, 3.63) is 106 Å². The molecule has 1 aromatic heterocycles. The van der Waals surface area contributed by atoms with Crippen molar-refractivity contribution in [2.75, 3.05) is 0 Å². The van der Waals surface area contributed by atoms with Crippen LogP contribution in [0.25, 0.3) is 32.9 Å². The lowest BCUT2D eigenvalue weighted by Crippen LogP contribution is -2.11. The smallest absolute Gasteiger partial charge is 0.249 e. The summed E-state index contributed by atoms with van der Waals surface area (Å²) in [6.07, 6.45) is 0. The standard InChI is InChI=1S/C27H20Cl2N2O/c1-16-5-6-17(13-23(16)29)15-31-24-4-2-3-22(27(30)32)26(24)21-12-9-19(14-25(21)31)18-7-10-20(28)11-8-18/h2-14H,15H2,1H3,(H2,30,32). The molecular weight excluding hydrogens is 439 g/mol. The first-order chi connectivity index (χ1) is 15.4. The molecule has 1 heterocycles. The molecule has 0 radical (unpaired) electrons. The van der Waals surface area contributed by atoms with E-state index in [1.54, 1.807) is 6.07 Å². The summed E-state index contributed by atoms with van der Waals surface area (Å²) in [5.41, 5.74) is 12.5. The Bertz CT molecular complexity index is 1500. The number of hydrogen-bond acceptors (Lipinski definition) is 1. The highest BCUT2D eigenvalue weighted by Gasteiger charge is 2.17. The summed E-state index contributed by atoms with van der Waals surface area (Å²) < 4.78 is 2.22. The zero-order valence-corrected chi connectivity index (χ0v) is 18.9. The van der Waals surface area contributed by atoms with Gasteiger partial charge in [-0.2, -0.15) is 0 Å². The van der Waals surface area contributed by atoms with Crippen LogP contribution in [0.2, 0.25) is 10.0 Å². The van der Waals surface area contributed by atoms with Gasteiger partial charge in [0.25, 0.3) is 0 Å². The third kappa shape index (κ3) is 3.54. The Balaban J connectivity index is 1.78. The van der Waals surface area contributed by atoms with Gasteiger partial charge >= 0.3 is 0 Å². The number of hydrogen-bond donors (Lipinski definition) is 1. The lowest BCUT2D eigenvalue weighted by Gasteiger charge is -2.10. The Hall–Kier alpha value is -3.27. The summed E-state index contributed by atoms with van der Waals surface area (Å²) >= 11 is 12.5. The fourth-order valence-corrected chi connectivity index (χ4v) is 4.59. The van der Waals surface area contributed by atoms with Crippen LogP contribution in [0.3, 0.4) is 0 Å².